The molecule has 0 bridgehead atoms. The van der Waals surface area contributed by atoms with Crippen LogP contribution in [0.3, 0.4) is 0 Å². The van der Waals surface area contributed by atoms with E-state index in [2.05, 4.69) is 0 Å². The number of likely N-dealkylation sites (tertiary alicyclic amines) is 1. The lowest BCUT2D eigenvalue weighted by atomic mass is 9.87. The van der Waals surface area contributed by atoms with E-state index in [9.17, 15) is 19.5 Å². The maximum Gasteiger partial charge on any atom is 0.311 e. The molecule has 2 atom stereocenters. The number of amides is 2. The molecular formula is C16H19NO4. The summed E-state index contributed by atoms with van der Waals surface area (Å²) in [4.78, 5) is 37.0. The molecule has 2 amide bonds. The predicted molar refractivity (Wildman–Crippen MR) is 76.6 cm³/mol. The van der Waals surface area contributed by atoms with Crippen LogP contribution in [0.5, 0.6) is 0 Å². The van der Waals surface area contributed by atoms with Gasteiger partial charge in [-0.2, -0.15) is 0 Å². The van der Waals surface area contributed by atoms with Crippen LogP contribution >= 0.6 is 0 Å². The van der Waals surface area contributed by atoms with Crippen molar-refractivity contribution in [2.24, 2.45) is 5.41 Å². The SMILES string of the molecule is CCC(C)(CN1C(=O)CC(c2ccccc2)C1=O)C(=O)O. The first kappa shape index (κ1) is 15.2. The summed E-state index contributed by atoms with van der Waals surface area (Å²) in [5.41, 5.74) is -0.302. The van der Waals surface area contributed by atoms with Gasteiger partial charge in [-0.25, -0.2) is 0 Å². The van der Waals surface area contributed by atoms with E-state index >= 15 is 0 Å². The number of carbonyl (C=O) groups is 3. The van der Waals surface area contributed by atoms with Gasteiger partial charge in [-0.1, -0.05) is 37.3 Å². The van der Waals surface area contributed by atoms with Crippen molar-refractivity contribution in [1.82, 2.24) is 4.90 Å². The van der Waals surface area contributed by atoms with Gasteiger partial charge >= 0.3 is 5.97 Å². The van der Waals surface area contributed by atoms with Crippen molar-refractivity contribution in [2.45, 2.75) is 32.6 Å². The number of carbonyl (C=O) groups excluding carboxylic acids is 2. The molecule has 112 valence electrons. The summed E-state index contributed by atoms with van der Waals surface area (Å²) < 4.78 is 0. The zero-order valence-corrected chi connectivity index (χ0v) is 12.2. The predicted octanol–water partition coefficient (Wildman–Crippen LogP) is 2.03. The fraction of sp³-hybridized carbons (Fsp3) is 0.438. The van der Waals surface area contributed by atoms with Crippen LogP contribution in [0.25, 0.3) is 0 Å². The number of carboxylic acid groups (broad SMARTS) is 1. The van der Waals surface area contributed by atoms with Gasteiger partial charge in [0.1, 0.15) is 0 Å². The second-order valence-corrected chi connectivity index (χ2v) is 5.70. The first-order valence-electron chi connectivity index (χ1n) is 7.01. The topological polar surface area (TPSA) is 74.7 Å². The number of aliphatic carboxylic acids is 1. The average molecular weight is 289 g/mol. The quantitative estimate of drug-likeness (QED) is 0.842. The zero-order chi connectivity index (χ0) is 15.6. The van der Waals surface area contributed by atoms with Crippen LogP contribution in [0.1, 0.15) is 38.2 Å². The van der Waals surface area contributed by atoms with Crippen LogP contribution in [0, 0.1) is 5.41 Å². The standard InChI is InChI=1S/C16H19NO4/c1-3-16(2,15(20)21)10-17-13(18)9-12(14(17)19)11-7-5-4-6-8-11/h4-8,12H,3,9-10H2,1-2H3,(H,20,21). The van der Waals surface area contributed by atoms with Gasteiger partial charge < -0.3 is 5.11 Å². The Hall–Kier alpha value is -2.17. The van der Waals surface area contributed by atoms with Crippen molar-refractivity contribution < 1.29 is 19.5 Å². The van der Waals surface area contributed by atoms with E-state index in [0.29, 0.717) is 6.42 Å². The molecule has 1 aromatic rings. The Labute approximate surface area is 123 Å². The summed E-state index contributed by atoms with van der Waals surface area (Å²) in [5, 5.41) is 9.30. The zero-order valence-electron chi connectivity index (χ0n) is 12.2. The fourth-order valence-corrected chi connectivity index (χ4v) is 2.47. The molecule has 5 heteroatoms. The molecule has 2 unspecified atom stereocenters. The lowest BCUT2D eigenvalue weighted by Crippen LogP contribution is -2.43. The van der Waals surface area contributed by atoms with Crippen molar-refractivity contribution in [3.05, 3.63) is 35.9 Å². The van der Waals surface area contributed by atoms with Gasteiger partial charge in [0.05, 0.1) is 11.3 Å². The second kappa shape index (κ2) is 5.68. The van der Waals surface area contributed by atoms with Gasteiger partial charge in [-0.3, -0.25) is 19.3 Å². The van der Waals surface area contributed by atoms with Crippen molar-refractivity contribution in [1.29, 1.82) is 0 Å². The molecule has 0 spiro atoms. The Balaban J connectivity index is 2.22. The van der Waals surface area contributed by atoms with Crippen LogP contribution in [0.2, 0.25) is 0 Å². The van der Waals surface area contributed by atoms with E-state index in [0.717, 1.165) is 10.5 Å². The molecule has 0 aliphatic carbocycles. The minimum atomic E-state index is -1.10. The van der Waals surface area contributed by atoms with Gasteiger partial charge in [0.25, 0.3) is 0 Å². The van der Waals surface area contributed by atoms with E-state index in [-0.39, 0.29) is 24.8 Å². The Morgan fingerprint density at radius 1 is 1.33 bits per heavy atom. The molecule has 1 aliphatic rings. The van der Waals surface area contributed by atoms with Crippen LogP contribution in [0.4, 0.5) is 0 Å². The molecule has 0 saturated carbocycles. The van der Waals surface area contributed by atoms with Crippen molar-refractivity contribution >= 4 is 17.8 Å². The fourth-order valence-electron chi connectivity index (χ4n) is 2.47. The molecule has 1 aromatic carbocycles. The number of imide groups is 1. The lowest BCUT2D eigenvalue weighted by Gasteiger charge is -2.28. The number of nitrogens with zero attached hydrogens (tertiary/aromatic N) is 1. The Morgan fingerprint density at radius 3 is 2.48 bits per heavy atom. The molecule has 21 heavy (non-hydrogen) atoms. The minimum absolute atomic E-state index is 0.0696. The highest BCUT2D eigenvalue weighted by Gasteiger charge is 2.44. The van der Waals surface area contributed by atoms with Gasteiger partial charge in [-0.05, 0) is 18.9 Å². The molecule has 0 radical (unpaired) electrons. The Morgan fingerprint density at radius 2 is 1.95 bits per heavy atom. The Kier molecular flexibility index (Phi) is 4.11. The van der Waals surface area contributed by atoms with Crippen LogP contribution in [0.15, 0.2) is 30.3 Å². The third-order valence-electron chi connectivity index (χ3n) is 4.25. The maximum absolute atomic E-state index is 12.4. The largest absolute Gasteiger partial charge is 0.481 e. The Bertz CT molecular complexity index is 569. The monoisotopic (exact) mass is 289 g/mol. The van der Waals surface area contributed by atoms with Gasteiger partial charge in [0.2, 0.25) is 11.8 Å². The van der Waals surface area contributed by atoms with Crippen LogP contribution in [-0.2, 0) is 14.4 Å². The number of hydrogen-bond acceptors (Lipinski definition) is 3. The smallest absolute Gasteiger partial charge is 0.311 e. The van der Waals surface area contributed by atoms with Crippen LogP contribution in [-0.4, -0.2) is 34.3 Å². The minimum Gasteiger partial charge on any atom is -0.481 e. The molecule has 1 N–H and O–H groups in total. The average Bonchev–Trinajstić information content (AvgIpc) is 2.75. The molecular weight excluding hydrogens is 270 g/mol. The molecule has 0 aromatic heterocycles. The van der Waals surface area contributed by atoms with Crippen molar-refractivity contribution in [3.63, 3.8) is 0 Å². The molecule has 1 saturated heterocycles. The lowest BCUT2D eigenvalue weighted by molar-refractivity contribution is -0.152. The molecule has 2 rings (SSSR count). The number of hydrogen-bond donors (Lipinski definition) is 1. The van der Waals surface area contributed by atoms with Crippen LogP contribution < -0.4 is 0 Å². The van der Waals surface area contributed by atoms with Gasteiger partial charge in [0.15, 0.2) is 0 Å². The summed E-state index contributed by atoms with van der Waals surface area (Å²) in [7, 11) is 0. The molecule has 1 aliphatic heterocycles. The van der Waals surface area contributed by atoms with Crippen molar-refractivity contribution in [2.75, 3.05) is 6.54 Å². The number of rotatable bonds is 5. The number of benzene rings is 1. The summed E-state index contributed by atoms with van der Waals surface area (Å²) in [6, 6.07) is 9.12. The van der Waals surface area contributed by atoms with Crippen molar-refractivity contribution in [3.8, 4) is 0 Å². The summed E-state index contributed by atoms with van der Waals surface area (Å²) in [5.74, 6) is -2.08. The normalized spacial score (nSPS) is 21.4. The molecule has 1 fully saturated rings. The maximum atomic E-state index is 12.4. The summed E-state index contributed by atoms with van der Waals surface area (Å²) in [6.07, 6.45) is 0.470. The van der Waals surface area contributed by atoms with Gasteiger partial charge in [0, 0.05) is 13.0 Å². The van der Waals surface area contributed by atoms with E-state index in [1.54, 1.807) is 13.8 Å². The van der Waals surface area contributed by atoms with E-state index < -0.39 is 17.3 Å². The van der Waals surface area contributed by atoms with E-state index in [1.807, 2.05) is 30.3 Å². The molecule has 1 heterocycles. The third kappa shape index (κ3) is 2.82. The van der Waals surface area contributed by atoms with E-state index in [4.69, 9.17) is 0 Å². The third-order valence-corrected chi connectivity index (χ3v) is 4.25. The first-order valence-corrected chi connectivity index (χ1v) is 7.01. The van der Waals surface area contributed by atoms with Gasteiger partial charge in [-0.15, -0.1) is 0 Å². The molecule has 5 nitrogen and oxygen atoms in total. The highest BCUT2D eigenvalue weighted by Crippen LogP contribution is 2.33. The highest BCUT2D eigenvalue weighted by molar-refractivity contribution is 6.06. The summed E-state index contributed by atoms with van der Waals surface area (Å²) >= 11 is 0. The first-order chi connectivity index (χ1) is 9.89. The van der Waals surface area contributed by atoms with E-state index in [1.165, 1.54) is 0 Å². The summed E-state index contributed by atoms with van der Waals surface area (Å²) in [6.45, 7) is 3.24. The highest BCUT2D eigenvalue weighted by atomic mass is 16.4. The second-order valence-electron chi connectivity index (χ2n) is 5.70. The number of carboxylic acids is 1.